The topological polar surface area (TPSA) is 53.0 Å². The number of para-hydroxylation sites is 1. The Labute approximate surface area is 159 Å². The van der Waals surface area contributed by atoms with Crippen LogP contribution in [0.2, 0.25) is 0 Å². The first-order valence-corrected chi connectivity index (χ1v) is 10.1. The fourth-order valence-corrected chi connectivity index (χ4v) is 4.23. The third kappa shape index (κ3) is 3.30. The van der Waals surface area contributed by atoms with E-state index >= 15 is 0 Å². The van der Waals surface area contributed by atoms with Crippen molar-refractivity contribution in [3.63, 3.8) is 0 Å². The van der Waals surface area contributed by atoms with Gasteiger partial charge in [-0.1, -0.05) is 44.9 Å². The standard InChI is InChI=1S/C20H25N3O2S/c1-4-6-12-21-20-23(13-7-5-2)19(25)17(26-20)16-14-10-8-9-11-15(14)22(3)18(16)24/h8-11H,4-7,12-13H2,1-3H3/b17-16-,21-20?. The summed E-state index contributed by atoms with van der Waals surface area (Å²) in [5.41, 5.74) is 2.20. The van der Waals surface area contributed by atoms with Crippen LogP contribution in [0, 0.1) is 0 Å². The normalized spacial score (nSPS) is 21.3. The van der Waals surface area contributed by atoms with Gasteiger partial charge in [0.05, 0.1) is 16.2 Å². The van der Waals surface area contributed by atoms with Crippen LogP contribution in [0.5, 0.6) is 0 Å². The Morgan fingerprint density at radius 2 is 1.77 bits per heavy atom. The highest BCUT2D eigenvalue weighted by atomic mass is 32.2. The van der Waals surface area contributed by atoms with Crippen molar-refractivity contribution in [2.45, 2.75) is 39.5 Å². The highest BCUT2D eigenvalue weighted by Gasteiger charge is 2.41. The van der Waals surface area contributed by atoms with E-state index in [-0.39, 0.29) is 11.8 Å². The highest BCUT2D eigenvalue weighted by molar-refractivity contribution is 8.18. The first-order chi connectivity index (χ1) is 12.6. The number of likely N-dealkylation sites (N-methyl/N-ethyl adjacent to an activating group) is 1. The molecule has 0 aromatic heterocycles. The van der Waals surface area contributed by atoms with Gasteiger partial charge in [0, 0.05) is 25.7 Å². The van der Waals surface area contributed by atoms with Crippen LogP contribution in [0.4, 0.5) is 5.69 Å². The van der Waals surface area contributed by atoms with Gasteiger partial charge in [-0.25, -0.2) is 0 Å². The van der Waals surface area contributed by atoms with Gasteiger partial charge < -0.3 is 4.90 Å². The third-order valence-corrected chi connectivity index (χ3v) is 5.75. The number of aliphatic imine (C=N–C) groups is 1. The molecule has 1 aromatic carbocycles. The molecule has 0 unspecified atom stereocenters. The molecular weight excluding hydrogens is 346 g/mol. The number of fused-ring (bicyclic) bond motifs is 1. The number of benzene rings is 1. The van der Waals surface area contributed by atoms with Crippen molar-refractivity contribution in [3.05, 3.63) is 34.7 Å². The molecule has 0 atom stereocenters. The molecule has 0 bridgehead atoms. The lowest BCUT2D eigenvalue weighted by atomic mass is 10.1. The van der Waals surface area contributed by atoms with Crippen molar-refractivity contribution in [2.75, 3.05) is 25.0 Å². The third-order valence-electron chi connectivity index (χ3n) is 4.64. The molecule has 138 valence electrons. The maximum Gasteiger partial charge on any atom is 0.267 e. The average molecular weight is 372 g/mol. The Bertz CT molecular complexity index is 785. The summed E-state index contributed by atoms with van der Waals surface area (Å²) < 4.78 is 0. The molecule has 1 saturated heterocycles. The number of carbonyl (C=O) groups is 2. The van der Waals surface area contributed by atoms with Crippen LogP contribution in [0.3, 0.4) is 0 Å². The Balaban J connectivity index is 2.02. The number of anilines is 1. The van der Waals surface area contributed by atoms with E-state index in [1.165, 1.54) is 11.8 Å². The Morgan fingerprint density at radius 1 is 1.04 bits per heavy atom. The van der Waals surface area contributed by atoms with Crippen LogP contribution in [0.15, 0.2) is 34.2 Å². The van der Waals surface area contributed by atoms with E-state index < -0.39 is 0 Å². The summed E-state index contributed by atoms with van der Waals surface area (Å²) in [5, 5.41) is 0.735. The van der Waals surface area contributed by atoms with Gasteiger partial charge in [0.2, 0.25) is 0 Å². The zero-order chi connectivity index (χ0) is 18.7. The van der Waals surface area contributed by atoms with Crippen LogP contribution < -0.4 is 4.90 Å². The zero-order valence-electron chi connectivity index (χ0n) is 15.6. The predicted molar refractivity (Wildman–Crippen MR) is 108 cm³/mol. The number of thioether (sulfide) groups is 1. The van der Waals surface area contributed by atoms with Crippen molar-refractivity contribution in [3.8, 4) is 0 Å². The molecule has 1 aromatic rings. The molecule has 2 aliphatic heterocycles. The number of amides is 2. The molecule has 6 heteroatoms. The maximum absolute atomic E-state index is 13.1. The van der Waals surface area contributed by atoms with Gasteiger partial charge in [-0.05, 0) is 30.7 Å². The summed E-state index contributed by atoms with van der Waals surface area (Å²) in [4.78, 5) is 34.5. The molecule has 26 heavy (non-hydrogen) atoms. The molecule has 0 spiro atoms. The van der Waals surface area contributed by atoms with E-state index in [0.29, 0.717) is 23.6 Å². The molecule has 1 fully saturated rings. The molecule has 2 amide bonds. The summed E-state index contributed by atoms with van der Waals surface area (Å²) in [7, 11) is 1.75. The quantitative estimate of drug-likeness (QED) is 0.563. The van der Waals surface area contributed by atoms with Gasteiger partial charge in [-0.3, -0.25) is 19.5 Å². The molecule has 0 aliphatic carbocycles. The van der Waals surface area contributed by atoms with Gasteiger partial charge in [0.25, 0.3) is 11.8 Å². The van der Waals surface area contributed by atoms with Crippen LogP contribution in [0.25, 0.3) is 5.57 Å². The molecule has 0 saturated carbocycles. The number of nitrogens with zero attached hydrogens (tertiary/aromatic N) is 3. The van der Waals surface area contributed by atoms with Crippen LogP contribution >= 0.6 is 11.8 Å². The van der Waals surface area contributed by atoms with Crippen molar-refractivity contribution in [1.29, 1.82) is 0 Å². The fourth-order valence-electron chi connectivity index (χ4n) is 3.11. The number of hydrogen-bond donors (Lipinski definition) is 0. The Kier molecular flexibility index (Phi) is 5.81. The second-order valence-electron chi connectivity index (χ2n) is 6.52. The monoisotopic (exact) mass is 371 g/mol. The van der Waals surface area contributed by atoms with Crippen LogP contribution in [-0.4, -0.2) is 42.0 Å². The number of amidine groups is 1. The zero-order valence-corrected chi connectivity index (χ0v) is 16.4. The van der Waals surface area contributed by atoms with Gasteiger partial charge in [-0.15, -0.1) is 0 Å². The smallest absolute Gasteiger partial charge is 0.267 e. The average Bonchev–Trinajstić information content (AvgIpc) is 3.08. The largest absolute Gasteiger partial charge is 0.311 e. The van der Waals surface area contributed by atoms with Crippen LogP contribution in [-0.2, 0) is 9.59 Å². The number of hydrogen-bond acceptors (Lipinski definition) is 4. The molecule has 2 aliphatic rings. The predicted octanol–water partition coefficient (Wildman–Crippen LogP) is 3.91. The lowest BCUT2D eigenvalue weighted by molar-refractivity contribution is -0.122. The maximum atomic E-state index is 13.1. The van der Waals surface area contributed by atoms with Crippen molar-refractivity contribution in [2.24, 2.45) is 4.99 Å². The molecule has 5 nitrogen and oxygen atoms in total. The van der Waals surface area contributed by atoms with E-state index in [2.05, 4.69) is 18.8 Å². The number of unbranched alkanes of at least 4 members (excludes halogenated alkanes) is 2. The van der Waals surface area contributed by atoms with Gasteiger partial charge in [0.1, 0.15) is 0 Å². The van der Waals surface area contributed by atoms with E-state index in [4.69, 9.17) is 0 Å². The van der Waals surface area contributed by atoms with Gasteiger partial charge in [0.15, 0.2) is 5.17 Å². The lowest BCUT2D eigenvalue weighted by Crippen LogP contribution is -2.31. The van der Waals surface area contributed by atoms with Crippen molar-refractivity contribution >= 4 is 40.0 Å². The highest BCUT2D eigenvalue weighted by Crippen LogP contribution is 2.43. The summed E-state index contributed by atoms with van der Waals surface area (Å²) in [6, 6.07) is 7.64. The number of rotatable bonds is 6. The summed E-state index contributed by atoms with van der Waals surface area (Å²) in [6.07, 6.45) is 3.99. The molecule has 3 rings (SSSR count). The van der Waals surface area contributed by atoms with Crippen LogP contribution in [0.1, 0.15) is 45.1 Å². The van der Waals surface area contributed by atoms with Gasteiger partial charge in [-0.2, -0.15) is 0 Å². The molecule has 2 heterocycles. The minimum Gasteiger partial charge on any atom is -0.311 e. The SMILES string of the molecule is CCCCN=C1S/C(=C2\C(=O)N(C)c3ccccc32)C(=O)N1CCCC. The lowest BCUT2D eigenvalue weighted by Gasteiger charge is -2.14. The number of carbonyl (C=O) groups excluding carboxylic acids is 2. The van der Waals surface area contributed by atoms with E-state index in [9.17, 15) is 9.59 Å². The fraction of sp³-hybridized carbons (Fsp3) is 0.450. The second kappa shape index (κ2) is 8.08. The molecule has 0 radical (unpaired) electrons. The summed E-state index contributed by atoms with van der Waals surface area (Å²) in [5.74, 6) is -0.209. The summed E-state index contributed by atoms with van der Waals surface area (Å²) in [6.45, 7) is 5.59. The first-order valence-electron chi connectivity index (χ1n) is 9.26. The Hall–Kier alpha value is -2.08. The molecular formula is C20H25N3O2S. The van der Waals surface area contributed by atoms with E-state index in [1.807, 2.05) is 24.3 Å². The van der Waals surface area contributed by atoms with Gasteiger partial charge >= 0.3 is 0 Å². The molecule has 0 N–H and O–H groups in total. The minimum atomic E-state index is -0.118. The second-order valence-corrected chi connectivity index (χ2v) is 7.49. The van der Waals surface area contributed by atoms with E-state index in [1.54, 1.807) is 16.8 Å². The Morgan fingerprint density at radius 3 is 2.50 bits per heavy atom. The summed E-state index contributed by atoms with van der Waals surface area (Å²) >= 11 is 1.35. The van der Waals surface area contributed by atoms with Crippen molar-refractivity contribution in [1.82, 2.24) is 4.90 Å². The minimum absolute atomic E-state index is 0.0906. The van der Waals surface area contributed by atoms with E-state index in [0.717, 1.165) is 42.1 Å². The first kappa shape index (κ1) is 18.7. The van der Waals surface area contributed by atoms with Crippen molar-refractivity contribution < 1.29 is 9.59 Å².